The highest BCUT2D eigenvalue weighted by atomic mass is 35.5. The summed E-state index contributed by atoms with van der Waals surface area (Å²) in [6.07, 6.45) is 0.883. The summed E-state index contributed by atoms with van der Waals surface area (Å²) in [7, 11) is 0. The number of hydrogen-bond donors (Lipinski definition) is 1. The van der Waals surface area contributed by atoms with Gasteiger partial charge in [-0.05, 0) is 36.6 Å². The Morgan fingerprint density at radius 1 is 1.16 bits per heavy atom. The Labute approximate surface area is 124 Å². The normalized spacial score (nSPS) is 12.4. The highest BCUT2D eigenvalue weighted by molar-refractivity contribution is 7.98. The van der Waals surface area contributed by atoms with Crippen molar-refractivity contribution >= 4 is 23.4 Å². The lowest BCUT2D eigenvalue weighted by molar-refractivity contribution is 0.729. The molecule has 2 aromatic rings. The van der Waals surface area contributed by atoms with Crippen LogP contribution in [-0.2, 0) is 12.2 Å². The molecule has 0 radical (unpaired) electrons. The Kier molecular flexibility index (Phi) is 5.32. The largest absolute Gasteiger partial charge is 0.328 e. The SMILES string of the molecule is CC(N)Cc1ccc(Cl)cc1SCc1ccccc1. The summed E-state index contributed by atoms with van der Waals surface area (Å²) in [5, 5.41) is 0.781. The zero-order valence-corrected chi connectivity index (χ0v) is 12.5. The number of nitrogens with two attached hydrogens (primary N) is 1. The monoisotopic (exact) mass is 291 g/mol. The van der Waals surface area contributed by atoms with Gasteiger partial charge in [-0.1, -0.05) is 48.0 Å². The van der Waals surface area contributed by atoms with E-state index in [0.29, 0.717) is 0 Å². The van der Waals surface area contributed by atoms with Crippen molar-refractivity contribution in [3.63, 3.8) is 0 Å². The maximum atomic E-state index is 6.09. The highest BCUT2D eigenvalue weighted by Crippen LogP contribution is 2.29. The Morgan fingerprint density at radius 3 is 2.58 bits per heavy atom. The number of thioether (sulfide) groups is 1. The van der Waals surface area contributed by atoms with Crippen LogP contribution in [0, 0.1) is 0 Å². The molecule has 1 unspecified atom stereocenters. The standard InChI is InChI=1S/C16H18ClNS/c1-12(18)9-14-7-8-15(17)10-16(14)19-11-13-5-3-2-4-6-13/h2-8,10,12H,9,11,18H2,1H3. The van der Waals surface area contributed by atoms with E-state index in [9.17, 15) is 0 Å². The van der Waals surface area contributed by atoms with E-state index in [1.807, 2.05) is 36.9 Å². The van der Waals surface area contributed by atoms with Crippen LogP contribution >= 0.6 is 23.4 Å². The molecular weight excluding hydrogens is 274 g/mol. The average molecular weight is 292 g/mol. The number of hydrogen-bond acceptors (Lipinski definition) is 2. The third-order valence-corrected chi connectivity index (χ3v) is 4.21. The van der Waals surface area contributed by atoms with Crippen LogP contribution in [0.5, 0.6) is 0 Å². The van der Waals surface area contributed by atoms with Gasteiger partial charge in [-0.3, -0.25) is 0 Å². The van der Waals surface area contributed by atoms with Gasteiger partial charge >= 0.3 is 0 Å². The maximum absolute atomic E-state index is 6.09. The summed E-state index contributed by atoms with van der Waals surface area (Å²) < 4.78 is 0. The zero-order valence-electron chi connectivity index (χ0n) is 11.0. The Morgan fingerprint density at radius 2 is 1.89 bits per heavy atom. The molecule has 0 aliphatic rings. The number of benzene rings is 2. The van der Waals surface area contributed by atoms with Gasteiger partial charge < -0.3 is 5.73 Å². The van der Waals surface area contributed by atoms with Crippen LogP contribution in [0.15, 0.2) is 53.4 Å². The molecule has 0 heterocycles. The van der Waals surface area contributed by atoms with Crippen molar-refractivity contribution in [2.75, 3.05) is 0 Å². The molecule has 19 heavy (non-hydrogen) atoms. The first-order valence-electron chi connectivity index (χ1n) is 6.36. The van der Waals surface area contributed by atoms with E-state index in [2.05, 4.69) is 30.3 Å². The van der Waals surface area contributed by atoms with Crippen LogP contribution < -0.4 is 5.73 Å². The second-order valence-corrected chi connectivity index (χ2v) is 6.16. The summed E-state index contributed by atoms with van der Waals surface area (Å²) in [4.78, 5) is 1.23. The van der Waals surface area contributed by atoms with E-state index in [-0.39, 0.29) is 6.04 Å². The van der Waals surface area contributed by atoms with Gasteiger partial charge in [0.2, 0.25) is 0 Å². The summed E-state index contributed by atoms with van der Waals surface area (Å²) in [5.41, 5.74) is 8.49. The molecule has 0 saturated heterocycles. The molecular formula is C16H18ClNS. The second kappa shape index (κ2) is 6.99. The molecule has 100 valence electrons. The van der Waals surface area contributed by atoms with E-state index in [0.717, 1.165) is 17.2 Å². The van der Waals surface area contributed by atoms with E-state index in [4.69, 9.17) is 17.3 Å². The van der Waals surface area contributed by atoms with E-state index >= 15 is 0 Å². The molecule has 1 atom stereocenters. The molecule has 0 spiro atoms. The topological polar surface area (TPSA) is 26.0 Å². The first-order valence-corrected chi connectivity index (χ1v) is 7.72. The smallest absolute Gasteiger partial charge is 0.0417 e. The van der Waals surface area contributed by atoms with Gasteiger partial charge in [0, 0.05) is 21.7 Å². The van der Waals surface area contributed by atoms with Gasteiger partial charge in [-0.25, -0.2) is 0 Å². The first-order chi connectivity index (χ1) is 9.15. The lowest BCUT2D eigenvalue weighted by Gasteiger charge is -2.12. The van der Waals surface area contributed by atoms with Gasteiger partial charge in [-0.2, -0.15) is 0 Å². The fraction of sp³-hybridized carbons (Fsp3) is 0.250. The molecule has 0 aliphatic heterocycles. The van der Waals surface area contributed by atoms with Crippen LogP contribution in [0.25, 0.3) is 0 Å². The predicted molar refractivity (Wildman–Crippen MR) is 84.8 cm³/mol. The summed E-state index contributed by atoms with van der Waals surface area (Å²) in [6.45, 7) is 2.03. The van der Waals surface area contributed by atoms with Gasteiger partial charge in [-0.15, -0.1) is 11.8 Å². The summed E-state index contributed by atoms with van der Waals surface area (Å²) >= 11 is 7.91. The van der Waals surface area contributed by atoms with E-state index < -0.39 is 0 Å². The molecule has 1 nitrogen and oxygen atoms in total. The minimum absolute atomic E-state index is 0.164. The minimum Gasteiger partial charge on any atom is -0.328 e. The molecule has 3 heteroatoms. The van der Waals surface area contributed by atoms with Gasteiger partial charge in [0.25, 0.3) is 0 Å². The minimum atomic E-state index is 0.164. The Hall–Kier alpha value is -0.960. The van der Waals surface area contributed by atoms with E-state index in [1.54, 1.807) is 0 Å². The first kappa shape index (κ1) is 14.4. The maximum Gasteiger partial charge on any atom is 0.0417 e. The van der Waals surface area contributed by atoms with Crippen molar-refractivity contribution < 1.29 is 0 Å². The van der Waals surface area contributed by atoms with Crippen LogP contribution in [0.4, 0.5) is 0 Å². The van der Waals surface area contributed by atoms with Gasteiger partial charge in [0.1, 0.15) is 0 Å². The van der Waals surface area contributed by atoms with Crippen LogP contribution in [0.1, 0.15) is 18.1 Å². The second-order valence-electron chi connectivity index (χ2n) is 4.71. The number of halogens is 1. The summed E-state index contributed by atoms with van der Waals surface area (Å²) in [6, 6.07) is 16.7. The third-order valence-electron chi connectivity index (χ3n) is 2.81. The quantitative estimate of drug-likeness (QED) is 0.820. The highest BCUT2D eigenvalue weighted by Gasteiger charge is 2.07. The van der Waals surface area contributed by atoms with Crippen molar-refractivity contribution in [2.45, 2.75) is 30.0 Å². The Balaban J connectivity index is 2.12. The Bertz CT molecular complexity index is 526. The van der Waals surface area contributed by atoms with Crippen molar-refractivity contribution in [1.82, 2.24) is 0 Å². The lowest BCUT2D eigenvalue weighted by atomic mass is 10.1. The van der Waals surface area contributed by atoms with Crippen molar-refractivity contribution in [1.29, 1.82) is 0 Å². The predicted octanol–water partition coefficient (Wildman–Crippen LogP) is 4.52. The molecule has 0 fully saturated rings. The van der Waals surface area contributed by atoms with Crippen LogP contribution in [0.2, 0.25) is 5.02 Å². The lowest BCUT2D eigenvalue weighted by Crippen LogP contribution is -2.18. The molecule has 2 N–H and O–H groups in total. The number of rotatable bonds is 5. The van der Waals surface area contributed by atoms with Crippen molar-refractivity contribution in [3.05, 3.63) is 64.7 Å². The average Bonchev–Trinajstić information content (AvgIpc) is 2.40. The van der Waals surface area contributed by atoms with Crippen LogP contribution in [-0.4, -0.2) is 6.04 Å². The van der Waals surface area contributed by atoms with E-state index in [1.165, 1.54) is 16.0 Å². The molecule has 0 saturated carbocycles. The summed E-state index contributed by atoms with van der Waals surface area (Å²) in [5.74, 6) is 0.952. The molecule has 0 amide bonds. The fourth-order valence-electron chi connectivity index (χ4n) is 1.91. The van der Waals surface area contributed by atoms with Crippen LogP contribution in [0.3, 0.4) is 0 Å². The van der Waals surface area contributed by atoms with Gasteiger partial charge in [0.15, 0.2) is 0 Å². The van der Waals surface area contributed by atoms with Gasteiger partial charge in [0.05, 0.1) is 0 Å². The third kappa shape index (κ3) is 4.57. The molecule has 0 aliphatic carbocycles. The molecule has 2 aromatic carbocycles. The van der Waals surface area contributed by atoms with Crippen molar-refractivity contribution in [2.24, 2.45) is 5.73 Å². The zero-order chi connectivity index (χ0) is 13.7. The molecule has 0 aromatic heterocycles. The van der Waals surface area contributed by atoms with Crippen molar-refractivity contribution in [3.8, 4) is 0 Å². The molecule has 2 rings (SSSR count). The fourth-order valence-corrected chi connectivity index (χ4v) is 3.21. The molecule has 0 bridgehead atoms.